The number of hydrogen-bond donors (Lipinski definition) is 0. The third-order valence-corrected chi connectivity index (χ3v) is 5.06. The smallest absolute Gasteiger partial charge is 0.345 e. The van der Waals surface area contributed by atoms with Crippen molar-refractivity contribution >= 4 is 23.1 Å². The minimum Gasteiger partial charge on any atom is -0.454 e. The molecule has 0 saturated carbocycles. The van der Waals surface area contributed by atoms with Gasteiger partial charge in [0.25, 0.3) is 11.4 Å². The van der Waals surface area contributed by atoms with E-state index in [-0.39, 0.29) is 0 Å². The van der Waals surface area contributed by atoms with Gasteiger partial charge in [0.2, 0.25) is 0 Å². The van der Waals surface area contributed by atoms with E-state index in [2.05, 4.69) is 0 Å². The number of nitro groups is 2. The summed E-state index contributed by atoms with van der Waals surface area (Å²) in [4.78, 5) is 45.0. The zero-order valence-corrected chi connectivity index (χ0v) is 15.9. The van der Waals surface area contributed by atoms with E-state index in [1.54, 1.807) is 12.1 Å². The van der Waals surface area contributed by atoms with Crippen LogP contribution < -0.4 is 0 Å². The first-order chi connectivity index (χ1) is 14.8. The lowest BCUT2D eigenvalue weighted by Gasteiger charge is -2.07. The number of carbonyl (C=O) groups is 2. The number of non-ortho nitro benzene ring substituents is 1. The van der Waals surface area contributed by atoms with E-state index in [0.29, 0.717) is 18.1 Å². The summed E-state index contributed by atoms with van der Waals surface area (Å²) < 4.78 is 4.95. The van der Waals surface area contributed by atoms with Crippen LogP contribution >= 0.6 is 0 Å². The van der Waals surface area contributed by atoms with Crippen LogP contribution in [0.3, 0.4) is 0 Å². The molecule has 0 fully saturated rings. The number of Topliss-reactive ketones (excluding diaryl/α,β-unsaturated/α-hetero) is 1. The van der Waals surface area contributed by atoms with Crippen LogP contribution in [0.1, 0.15) is 31.8 Å². The molecule has 1 aliphatic rings. The van der Waals surface area contributed by atoms with Gasteiger partial charge in [-0.25, -0.2) is 4.79 Å². The van der Waals surface area contributed by atoms with Gasteiger partial charge in [0.15, 0.2) is 12.4 Å². The second-order valence-corrected chi connectivity index (χ2v) is 6.92. The standard InChI is InChI=1S/C22H14N2O7/c25-21(14-5-7-18-15(10-14)9-13-3-1-2-4-17(13)18)12-31-22(26)19-8-6-16(23(27)28)11-20(19)24(29)30/h1-8,10-11H,9,12H2. The minimum absolute atomic E-state index is 0.359. The maximum absolute atomic E-state index is 12.5. The zero-order chi connectivity index (χ0) is 22.1. The van der Waals surface area contributed by atoms with Crippen molar-refractivity contribution in [3.05, 3.63) is 103 Å². The van der Waals surface area contributed by atoms with Crippen LogP contribution in [0.4, 0.5) is 11.4 Å². The molecule has 9 heteroatoms. The van der Waals surface area contributed by atoms with Gasteiger partial charge in [-0.2, -0.15) is 0 Å². The van der Waals surface area contributed by atoms with Crippen molar-refractivity contribution in [2.24, 2.45) is 0 Å². The lowest BCUT2D eigenvalue weighted by molar-refractivity contribution is -0.394. The van der Waals surface area contributed by atoms with Gasteiger partial charge >= 0.3 is 5.97 Å². The van der Waals surface area contributed by atoms with Crippen LogP contribution in [0, 0.1) is 20.2 Å². The number of carbonyl (C=O) groups excluding carboxylic acids is 2. The average molecular weight is 418 g/mol. The number of hydrogen-bond acceptors (Lipinski definition) is 7. The predicted octanol–water partition coefficient (Wildman–Crippen LogP) is 4.11. The maximum atomic E-state index is 12.5. The summed E-state index contributed by atoms with van der Waals surface area (Å²) in [6, 6.07) is 15.8. The van der Waals surface area contributed by atoms with Crippen molar-refractivity contribution in [1.82, 2.24) is 0 Å². The molecule has 0 N–H and O–H groups in total. The van der Waals surface area contributed by atoms with Crippen LogP contribution in [-0.4, -0.2) is 28.2 Å². The van der Waals surface area contributed by atoms with Crippen LogP contribution in [-0.2, 0) is 11.2 Å². The van der Waals surface area contributed by atoms with Crippen molar-refractivity contribution in [2.75, 3.05) is 6.61 Å². The highest BCUT2D eigenvalue weighted by Crippen LogP contribution is 2.36. The lowest BCUT2D eigenvalue weighted by Crippen LogP contribution is -2.15. The predicted molar refractivity (Wildman–Crippen MR) is 109 cm³/mol. The molecule has 4 rings (SSSR count). The molecule has 0 aromatic heterocycles. The second kappa shape index (κ2) is 7.79. The minimum atomic E-state index is -1.11. The van der Waals surface area contributed by atoms with E-state index in [4.69, 9.17) is 4.74 Å². The maximum Gasteiger partial charge on any atom is 0.345 e. The monoisotopic (exact) mass is 418 g/mol. The van der Waals surface area contributed by atoms with Crippen molar-refractivity contribution in [2.45, 2.75) is 6.42 Å². The number of esters is 1. The number of nitro benzene ring substituents is 2. The summed E-state index contributed by atoms with van der Waals surface area (Å²) in [5.41, 5.74) is 2.92. The Labute approximate surface area is 175 Å². The van der Waals surface area contributed by atoms with Crippen LogP contribution in [0.15, 0.2) is 60.7 Å². The number of ketones is 1. The van der Waals surface area contributed by atoms with E-state index < -0.39 is 45.1 Å². The van der Waals surface area contributed by atoms with Crippen molar-refractivity contribution in [1.29, 1.82) is 0 Å². The molecule has 0 unspecified atom stereocenters. The lowest BCUT2D eigenvalue weighted by atomic mass is 10.0. The average Bonchev–Trinajstić information content (AvgIpc) is 3.14. The highest BCUT2D eigenvalue weighted by atomic mass is 16.6. The zero-order valence-electron chi connectivity index (χ0n) is 15.9. The molecule has 154 valence electrons. The number of rotatable bonds is 6. The quantitative estimate of drug-likeness (QED) is 0.199. The fraction of sp³-hybridized carbons (Fsp3) is 0.0909. The van der Waals surface area contributed by atoms with Gasteiger partial charge in [-0.3, -0.25) is 25.0 Å². The highest BCUT2D eigenvalue weighted by molar-refractivity contribution is 6.01. The summed E-state index contributed by atoms with van der Waals surface area (Å²) in [5.74, 6) is -1.57. The first kappa shape index (κ1) is 19.9. The summed E-state index contributed by atoms with van der Waals surface area (Å²) in [6.07, 6.45) is 0.696. The fourth-order valence-electron chi connectivity index (χ4n) is 3.57. The van der Waals surface area contributed by atoms with Crippen molar-refractivity contribution in [3.63, 3.8) is 0 Å². The first-order valence-corrected chi connectivity index (χ1v) is 9.19. The number of benzene rings is 3. The van der Waals surface area contributed by atoms with E-state index in [0.717, 1.165) is 28.8 Å². The van der Waals surface area contributed by atoms with Gasteiger partial charge in [-0.15, -0.1) is 0 Å². The molecule has 9 nitrogen and oxygen atoms in total. The van der Waals surface area contributed by atoms with Gasteiger partial charge in [0, 0.05) is 11.6 Å². The number of fused-ring (bicyclic) bond motifs is 3. The van der Waals surface area contributed by atoms with E-state index in [9.17, 15) is 29.8 Å². The summed E-state index contributed by atoms with van der Waals surface area (Å²) in [6.45, 7) is -0.612. The summed E-state index contributed by atoms with van der Waals surface area (Å²) in [5, 5.41) is 22.0. The molecule has 3 aromatic rings. The Hall–Kier alpha value is -4.40. The molecule has 1 aliphatic carbocycles. The molecule has 3 aromatic carbocycles. The van der Waals surface area contributed by atoms with Crippen LogP contribution in [0.5, 0.6) is 0 Å². The Balaban J connectivity index is 1.49. The van der Waals surface area contributed by atoms with Crippen molar-refractivity contribution in [3.8, 4) is 11.1 Å². The largest absolute Gasteiger partial charge is 0.454 e. The SMILES string of the molecule is O=C(COC(=O)c1ccc([N+](=O)[O-])cc1[N+](=O)[O-])c1ccc2c(c1)Cc1ccccc1-2. The van der Waals surface area contributed by atoms with Crippen LogP contribution in [0.25, 0.3) is 11.1 Å². The molecule has 0 spiro atoms. The molecule has 0 atom stereocenters. The summed E-state index contributed by atoms with van der Waals surface area (Å²) in [7, 11) is 0. The third-order valence-electron chi connectivity index (χ3n) is 5.06. The van der Waals surface area contributed by atoms with Gasteiger partial charge in [-0.1, -0.05) is 36.4 Å². The van der Waals surface area contributed by atoms with Gasteiger partial charge in [0.05, 0.1) is 15.9 Å². The first-order valence-electron chi connectivity index (χ1n) is 9.19. The van der Waals surface area contributed by atoms with Gasteiger partial charge < -0.3 is 4.74 Å². The molecule has 0 radical (unpaired) electrons. The molecular weight excluding hydrogens is 404 g/mol. The summed E-state index contributed by atoms with van der Waals surface area (Å²) >= 11 is 0. The third kappa shape index (κ3) is 3.76. The Morgan fingerprint density at radius 3 is 2.35 bits per heavy atom. The number of ether oxygens (including phenoxy) is 1. The molecule has 0 saturated heterocycles. The Morgan fingerprint density at radius 2 is 1.61 bits per heavy atom. The van der Waals surface area contributed by atoms with Crippen LogP contribution in [0.2, 0.25) is 0 Å². The molecule has 0 bridgehead atoms. The van der Waals surface area contributed by atoms with E-state index in [1.807, 2.05) is 30.3 Å². The Kier molecular flexibility index (Phi) is 5.00. The molecule has 31 heavy (non-hydrogen) atoms. The molecule has 0 heterocycles. The fourth-order valence-corrected chi connectivity index (χ4v) is 3.57. The van der Waals surface area contributed by atoms with E-state index in [1.165, 1.54) is 5.56 Å². The number of nitrogens with zero attached hydrogens (tertiary/aromatic N) is 2. The topological polar surface area (TPSA) is 130 Å². The molecule has 0 aliphatic heterocycles. The van der Waals surface area contributed by atoms with E-state index >= 15 is 0 Å². The molecule has 0 amide bonds. The Morgan fingerprint density at radius 1 is 0.871 bits per heavy atom. The highest BCUT2D eigenvalue weighted by Gasteiger charge is 2.26. The molecular formula is C22H14N2O7. The van der Waals surface area contributed by atoms with Crippen molar-refractivity contribution < 1.29 is 24.2 Å². The normalized spacial score (nSPS) is 11.4. The van der Waals surface area contributed by atoms with Gasteiger partial charge in [0.1, 0.15) is 5.56 Å². The van der Waals surface area contributed by atoms with Gasteiger partial charge in [-0.05, 0) is 40.8 Å². The second-order valence-electron chi connectivity index (χ2n) is 6.92. The Bertz CT molecular complexity index is 1270.